The van der Waals surface area contributed by atoms with Gasteiger partial charge in [-0.25, -0.2) is 16.8 Å². The van der Waals surface area contributed by atoms with Crippen LogP contribution in [0.5, 0.6) is 0 Å². The molecule has 0 saturated carbocycles. The van der Waals surface area contributed by atoms with Crippen molar-refractivity contribution in [2.45, 2.75) is 52.9 Å². The minimum atomic E-state index is -3.62. The van der Waals surface area contributed by atoms with Gasteiger partial charge in [0, 0.05) is 0 Å². The first kappa shape index (κ1) is 20.3. The summed E-state index contributed by atoms with van der Waals surface area (Å²) in [6, 6.07) is 0. The Labute approximate surface area is 125 Å². The summed E-state index contributed by atoms with van der Waals surface area (Å²) in [7, 11) is -12.8. The standard InChI is InChI=1S/C10H26O6S2Si2/c1-7-9-17(11,12)15-19(3,4)20(5,6)16-18(13,14)10-8-2/h7-10H2,1-6H3. The molecule has 0 aliphatic carbocycles. The molecule has 0 spiro atoms. The molecule has 10 heteroatoms. The van der Waals surface area contributed by atoms with Crippen molar-refractivity contribution in [3.05, 3.63) is 0 Å². The lowest BCUT2D eigenvalue weighted by molar-refractivity contribution is 0.466. The zero-order valence-corrected chi connectivity index (χ0v) is 16.7. The van der Waals surface area contributed by atoms with Gasteiger partial charge in [0.05, 0.1) is 11.5 Å². The largest absolute Gasteiger partial charge is 0.316 e. The lowest BCUT2D eigenvalue weighted by atomic mass is 10.6. The van der Waals surface area contributed by atoms with Gasteiger partial charge in [0.25, 0.3) is 20.2 Å². The van der Waals surface area contributed by atoms with Gasteiger partial charge in [-0.3, -0.25) is 0 Å². The first-order valence-corrected chi connectivity index (χ1v) is 16.6. The molecular weight excluding hydrogens is 336 g/mol. The summed E-state index contributed by atoms with van der Waals surface area (Å²) in [6.07, 6.45) is 0.924. The molecule has 0 unspecified atom stereocenters. The average Bonchev–Trinajstić information content (AvgIpc) is 2.12. The maximum Gasteiger partial charge on any atom is 0.257 e. The Kier molecular flexibility index (Phi) is 7.10. The van der Waals surface area contributed by atoms with E-state index in [0.717, 1.165) is 0 Å². The Hall–Kier alpha value is 0.254. The third-order valence-electron chi connectivity index (χ3n) is 3.03. The second-order valence-electron chi connectivity index (χ2n) is 5.71. The van der Waals surface area contributed by atoms with Crippen molar-refractivity contribution in [1.29, 1.82) is 0 Å². The van der Waals surface area contributed by atoms with Gasteiger partial charge >= 0.3 is 0 Å². The van der Waals surface area contributed by atoms with Gasteiger partial charge in [0.1, 0.15) is 0 Å². The molecule has 0 N–H and O–H groups in total. The maximum absolute atomic E-state index is 11.8. The van der Waals surface area contributed by atoms with E-state index >= 15 is 0 Å². The number of hydrogen-bond donors (Lipinski definition) is 0. The van der Waals surface area contributed by atoms with Crippen LogP contribution in [0.4, 0.5) is 0 Å². The van der Waals surface area contributed by atoms with E-state index in [1.54, 1.807) is 40.0 Å². The van der Waals surface area contributed by atoms with Crippen molar-refractivity contribution in [2.75, 3.05) is 11.5 Å². The molecule has 0 aromatic carbocycles. The van der Waals surface area contributed by atoms with E-state index < -0.39 is 35.9 Å². The molecule has 0 fully saturated rings. The van der Waals surface area contributed by atoms with Crippen molar-refractivity contribution in [3.63, 3.8) is 0 Å². The van der Waals surface area contributed by atoms with Gasteiger partial charge in [-0.05, 0) is 39.0 Å². The summed E-state index contributed by atoms with van der Waals surface area (Å²) < 4.78 is 57.9. The van der Waals surface area contributed by atoms with Crippen molar-refractivity contribution in [2.24, 2.45) is 0 Å². The van der Waals surface area contributed by atoms with Crippen molar-refractivity contribution in [3.8, 4) is 0 Å². The minimum Gasteiger partial charge on any atom is -0.316 e. The number of hydrogen-bond acceptors (Lipinski definition) is 6. The zero-order valence-electron chi connectivity index (χ0n) is 13.1. The highest BCUT2D eigenvalue weighted by atomic mass is 32.2. The van der Waals surface area contributed by atoms with Gasteiger partial charge in [0.15, 0.2) is 0 Å². The Morgan fingerprint density at radius 2 is 0.950 bits per heavy atom. The van der Waals surface area contributed by atoms with E-state index in [4.69, 9.17) is 7.74 Å². The molecule has 0 aromatic heterocycles. The van der Waals surface area contributed by atoms with Crippen molar-refractivity contribution >= 4 is 35.9 Å². The molecule has 0 aliphatic rings. The van der Waals surface area contributed by atoms with E-state index in [2.05, 4.69) is 0 Å². The third-order valence-corrected chi connectivity index (χ3v) is 23.3. The summed E-state index contributed by atoms with van der Waals surface area (Å²) in [4.78, 5) is 0. The molecule has 0 rings (SSSR count). The minimum absolute atomic E-state index is 0.0599. The van der Waals surface area contributed by atoms with E-state index in [0.29, 0.717) is 12.8 Å². The van der Waals surface area contributed by atoms with Crippen LogP contribution in [0.25, 0.3) is 0 Å². The Morgan fingerprint density at radius 1 is 0.700 bits per heavy atom. The molecule has 0 radical (unpaired) electrons. The SMILES string of the molecule is CCCS(=O)(=O)O[Si](C)(C)[Si](C)(C)OS(=O)(=O)CCC. The second kappa shape index (κ2) is 7.01. The Bertz CT molecular complexity index is 462. The Balaban J connectivity index is 5.17. The molecule has 0 atom stereocenters. The topological polar surface area (TPSA) is 86.7 Å². The summed E-state index contributed by atoms with van der Waals surface area (Å²) in [6.45, 7) is 10.3. The van der Waals surface area contributed by atoms with Gasteiger partial charge in [-0.15, -0.1) is 0 Å². The van der Waals surface area contributed by atoms with Crippen LogP contribution in [0.15, 0.2) is 0 Å². The molecule has 122 valence electrons. The first-order valence-electron chi connectivity index (χ1n) is 6.65. The summed E-state index contributed by atoms with van der Waals surface area (Å²) in [5, 5.41) is 0. The van der Waals surface area contributed by atoms with E-state index in [9.17, 15) is 16.8 Å². The first-order chi connectivity index (χ1) is 8.79. The van der Waals surface area contributed by atoms with Gasteiger partial charge in [-0.1, -0.05) is 13.8 Å². The van der Waals surface area contributed by atoms with Crippen LogP contribution in [-0.4, -0.2) is 44.0 Å². The molecule has 0 aromatic rings. The Morgan fingerprint density at radius 3 is 1.15 bits per heavy atom. The fourth-order valence-electron chi connectivity index (χ4n) is 1.42. The van der Waals surface area contributed by atoms with Crippen molar-refractivity contribution in [1.82, 2.24) is 0 Å². The molecule has 0 amide bonds. The van der Waals surface area contributed by atoms with Gasteiger partial charge in [-0.2, -0.15) is 0 Å². The normalized spacial score (nSPS) is 14.5. The predicted molar refractivity (Wildman–Crippen MR) is 85.3 cm³/mol. The van der Waals surface area contributed by atoms with Crippen LogP contribution in [-0.2, 0) is 28.0 Å². The summed E-state index contributed by atoms with van der Waals surface area (Å²) in [5.41, 5.74) is 0. The van der Waals surface area contributed by atoms with Crippen molar-refractivity contribution < 1.29 is 24.6 Å². The smallest absolute Gasteiger partial charge is 0.257 e. The highest BCUT2D eigenvalue weighted by Crippen LogP contribution is 2.26. The summed E-state index contributed by atoms with van der Waals surface area (Å²) >= 11 is 0. The molecule has 0 bridgehead atoms. The molecule has 20 heavy (non-hydrogen) atoms. The van der Waals surface area contributed by atoms with E-state index in [1.807, 2.05) is 0 Å². The molecule has 6 nitrogen and oxygen atoms in total. The van der Waals surface area contributed by atoms with E-state index in [1.165, 1.54) is 0 Å². The number of rotatable bonds is 9. The van der Waals surface area contributed by atoms with Crippen LogP contribution >= 0.6 is 0 Å². The van der Waals surface area contributed by atoms with Crippen LogP contribution in [0.2, 0.25) is 26.2 Å². The molecule has 0 heterocycles. The van der Waals surface area contributed by atoms with Gasteiger partial charge < -0.3 is 7.74 Å². The monoisotopic (exact) mass is 362 g/mol. The lowest BCUT2D eigenvalue weighted by Gasteiger charge is -2.35. The van der Waals surface area contributed by atoms with Crippen LogP contribution in [0.1, 0.15) is 26.7 Å². The highest BCUT2D eigenvalue weighted by Gasteiger charge is 2.51. The second-order valence-corrected chi connectivity index (χ2v) is 23.4. The lowest BCUT2D eigenvalue weighted by Crippen LogP contribution is -2.60. The quantitative estimate of drug-likeness (QED) is 0.583. The maximum atomic E-state index is 11.8. The molecular formula is C10H26O6S2Si2. The fraction of sp³-hybridized carbons (Fsp3) is 1.00. The zero-order chi connectivity index (χ0) is 16.2. The average molecular weight is 363 g/mol. The molecule has 0 aliphatic heterocycles. The van der Waals surface area contributed by atoms with Crippen LogP contribution < -0.4 is 0 Å². The highest BCUT2D eigenvalue weighted by molar-refractivity contribution is 7.89. The van der Waals surface area contributed by atoms with Gasteiger partial charge in [0.2, 0.25) is 15.7 Å². The third kappa shape index (κ3) is 6.35. The van der Waals surface area contributed by atoms with Crippen LogP contribution in [0.3, 0.4) is 0 Å². The predicted octanol–water partition coefficient (Wildman–Crippen LogP) is 1.99. The fourth-order valence-corrected chi connectivity index (χ4v) is 15.7. The summed E-state index contributed by atoms with van der Waals surface area (Å²) in [5.74, 6) is -0.120. The molecule has 0 saturated heterocycles. The van der Waals surface area contributed by atoms with Crippen LogP contribution in [0, 0.1) is 0 Å². The van der Waals surface area contributed by atoms with E-state index in [-0.39, 0.29) is 11.5 Å².